The molecule has 0 amide bonds. The van der Waals surface area contributed by atoms with Gasteiger partial charge in [-0.05, 0) is 31.2 Å². The first-order valence-corrected chi connectivity index (χ1v) is 6.73. The highest BCUT2D eigenvalue weighted by molar-refractivity contribution is 7.84. The Morgan fingerprint density at radius 3 is 2.35 bits per heavy atom. The van der Waals surface area contributed by atoms with Gasteiger partial charge in [-0.15, -0.1) is 0 Å². The normalized spacial score (nSPS) is 12.6. The van der Waals surface area contributed by atoms with E-state index in [4.69, 9.17) is 10.2 Å². The van der Waals surface area contributed by atoms with Gasteiger partial charge in [-0.3, -0.25) is 4.21 Å². The van der Waals surface area contributed by atoms with Crippen molar-refractivity contribution in [2.24, 2.45) is 5.73 Å². The lowest BCUT2D eigenvalue weighted by atomic mass is 10.2. The fourth-order valence-electron chi connectivity index (χ4n) is 1.51. The minimum Gasteiger partial charge on any atom is -0.464 e. The van der Waals surface area contributed by atoms with Gasteiger partial charge in [0.05, 0.1) is 23.1 Å². The van der Waals surface area contributed by atoms with E-state index in [1.807, 2.05) is 43.3 Å². The molecule has 0 aliphatic heterocycles. The summed E-state index contributed by atoms with van der Waals surface area (Å²) in [6, 6.07) is 11.3. The first-order chi connectivity index (χ1) is 8.19. The van der Waals surface area contributed by atoms with Gasteiger partial charge in [0.2, 0.25) is 0 Å². The van der Waals surface area contributed by atoms with Crippen molar-refractivity contribution >= 4 is 10.8 Å². The average Bonchev–Trinajstić information content (AvgIpc) is 2.77. The highest BCUT2D eigenvalue weighted by Gasteiger charge is 2.08. The molecule has 0 fully saturated rings. The molecule has 0 radical (unpaired) electrons. The van der Waals surface area contributed by atoms with Gasteiger partial charge in [-0.25, -0.2) is 0 Å². The standard InChI is InChI=1S/C13H15NO2S/c1-10-2-6-13(7-3-10)17(15)9-12-5-4-11(8-14)16-12/h2-7H,8-9,14H2,1H3. The number of benzene rings is 1. The van der Waals surface area contributed by atoms with Crippen LogP contribution in [0.5, 0.6) is 0 Å². The molecule has 0 saturated carbocycles. The fraction of sp³-hybridized carbons (Fsp3) is 0.231. The first kappa shape index (κ1) is 12.1. The minimum atomic E-state index is -1.07. The maximum absolute atomic E-state index is 12.0. The van der Waals surface area contributed by atoms with E-state index in [9.17, 15) is 4.21 Å². The summed E-state index contributed by atoms with van der Waals surface area (Å²) in [6.45, 7) is 2.38. The second-order valence-corrected chi connectivity index (χ2v) is 5.33. The Morgan fingerprint density at radius 1 is 1.12 bits per heavy atom. The molecule has 0 bridgehead atoms. The molecule has 1 aromatic carbocycles. The zero-order chi connectivity index (χ0) is 12.3. The van der Waals surface area contributed by atoms with Crippen LogP contribution in [0.3, 0.4) is 0 Å². The van der Waals surface area contributed by atoms with E-state index in [1.165, 1.54) is 0 Å². The minimum absolute atomic E-state index is 0.372. The quantitative estimate of drug-likeness (QED) is 0.905. The molecule has 1 atom stereocenters. The third-order valence-electron chi connectivity index (χ3n) is 2.48. The maximum atomic E-state index is 12.0. The Labute approximate surface area is 103 Å². The van der Waals surface area contributed by atoms with E-state index in [2.05, 4.69) is 0 Å². The molecule has 1 heterocycles. The second-order valence-electron chi connectivity index (χ2n) is 3.88. The average molecular weight is 249 g/mol. The molecule has 0 saturated heterocycles. The van der Waals surface area contributed by atoms with Crippen LogP contribution in [0.4, 0.5) is 0 Å². The van der Waals surface area contributed by atoms with E-state index >= 15 is 0 Å². The topological polar surface area (TPSA) is 56.2 Å². The number of aryl methyl sites for hydroxylation is 1. The molecule has 1 aromatic heterocycles. The smallest absolute Gasteiger partial charge is 0.117 e. The maximum Gasteiger partial charge on any atom is 0.117 e. The van der Waals surface area contributed by atoms with Gasteiger partial charge in [0.25, 0.3) is 0 Å². The van der Waals surface area contributed by atoms with E-state index in [0.717, 1.165) is 16.2 Å². The summed E-state index contributed by atoms with van der Waals surface area (Å²) < 4.78 is 17.5. The molecule has 2 aromatic rings. The van der Waals surface area contributed by atoms with Gasteiger partial charge in [0.1, 0.15) is 11.5 Å². The molecular weight excluding hydrogens is 234 g/mol. The van der Waals surface area contributed by atoms with Crippen LogP contribution in [-0.4, -0.2) is 4.21 Å². The molecule has 0 aliphatic rings. The highest BCUT2D eigenvalue weighted by Crippen LogP contribution is 2.15. The molecule has 4 heteroatoms. The van der Waals surface area contributed by atoms with E-state index in [1.54, 1.807) is 0 Å². The van der Waals surface area contributed by atoms with Crippen molar-refractivity contribution in [1.29, 1.82) is 0 Å². The van der Waals surface area contributed by atoms with Crippen LogP contribution in [0, 0.1) is 6.92 Å². The van der Waals surface area contributed by atoms with Gasteiger partial charge in [0, 0.05) is 4.90 Å². The van der Waals surface area contributed by atoms with Crippen LogP contribution in [0.25, 0.3) is 0 Å². The van der Waals surface area contributed by atoms with Crippen molar-refractivity contribution in [3.8, 4) is 0 Å². The summed E-state index contributed by atoms with van der Waals surface area (Å²) in [5.41, 5.74) is 6.61. The molecule has 0 aliphatic carbocycles. The molecule has 1 unspecified atom stereocenters. The molecule has 90 valence electrons. The largest absolute Gasteiger partial charge is 0.464 e. The lowest BCUT2D eigenvalue weighted by molar-refractivity contribution is 0.481. The van der Waals surface area contributed by atoms with Crippen LogP contribution in [0.1, 0.15) is 17.1 Å². The van der Waals surface area contributed by atoms with E-state index in [-0.39, 0.29) is 0 Å². The molecule has 3 nitrogen and oxygen atoms in total. The van der Waals surface area contributed by atoms with Gasteiger partial charge in [-0.1, -0.05) is 17.7 Å². The van der Waals surface area contributed by atoms with Crippen molar-refractivity contribution in [2.45, 2.75) is 24.1 Å². The summed E-state index contributed by atoms with van der Waals surface area (Å²) >= 11 is 0. The number of hydrogen-bond acceptors (Lipinski definition) is 3. The monoisotopic (exact) mass is 249 g/mol. The lowest BCUT2D eigenvalue weighted by Gasteiger charge is -2.00. The first-order valence-electron chi connectivity index (χ1n) is 5.42. The Morgan fingerprint density at radius 2 is 1.76 bits per heavy atom. The molecule has 2 N–H and O–H groups in total. The highest BCUT2D eigenvalue weighted by atomic mass is 32.2. The zero-order valence-corrected chi connectivity index (χ0v) is 10.5. The fourth-order valence-corrected chi connectivity index (χ4v) is 2.53. The third-order valence-corrected chi connectivity index (χ3v) is 3.82. The Balaban J connectivity index is 2.08. The molecule has 17 heavy (non-hydrogen) atoms. The third kappa shape index (κ3) is 3.05. The Hall–Kier alpha value is -1.39. The van der Waals surface area contributed by atoms with Gasteiger partial charge in [-0.2, -0.15) is 0 Å². The van der Waals surface area contributed by atoms with Crippen LogP contribution in [0.2, 0.25) is 0 Å². The van der Waals surface area contributed by atoms with Crippen molar-refractivity contribution in [1.82, 2.24) is 0 Å². The summed E-state index contributed by atoms with van der Waals surface area (Å²) in [5, 5.41) is 0. The van der Waals surface area contributed by atoms with Crippen LogP contribution < -0.4 is 5.73 Å². The van der Waals surface area contributed by atoms with Crippen LogP contribution >= 0.6 is 0 Å². The lowest BCUT2D eigenvalue weighted by Crippen LogP contribution is -1.96. The van der Waals surface area contributed by atoms with Gasteiger partial charge < -0.3 is 10.2 Å². The molecule has 2 rings (SSSR count). The summed E-state index contributed by atoms with van der Waals surface area (Å²) in [5.74, 6) is 1.83. The van der Waals surface area contributed by atoms with E-state index < -0.39 is 10.8 Å². The SMILES string of the molecule is Cc1ccc(S(=O)Cc2ccc(CN)o2)cc1. The van der Waals surface area contributed by atoms with Crippen molar-refractivity contribution in [3.63, 3.8) is 0 Å². The van der Waals surface area contributed by atoms with Gasteiger partial charge in [0.15, 0.2) is 0 Å². The molecule has 0 spiro atoms. The summed E-state index contributed by atoms with van der Waals surface area (Å²) in [6.07, 6.45) is 0. The van der Waals surface area contributed by atoms with Crippen molar-refractivity contribution < 1.29 is 8.63 Å². The van der Waals surface area contributed by atoms with Crippen molar-refractivity contribution in [3.05, 3.63) is 53.5 Å². The predicted molar refractivity (Wildman–Crippen MR) is 67.9 cm³/mol. The summed E-state index contributed by atoms with van der Waals surface area (Å²) in [4.78, 5) is 0.821. The van der Waals surface area contributed by atoms with E-state index in [0.29, 0.717) is 18.1 Å². The van der Waals surface area contributed by atoms with Crippen LogP contribution in [0.15, 0.2) is 45.7 Å². The number of nitrogens with two attached hydrogens (primary N) is 1. The van der Waals surface area contributed by atoms with Crippen LogP contribution in [-0.2, 0) is 23.1 Å². The summed E-state index contributed by atoms with van der Waals surface area (Å²) in [7, 11) is -1.07. The predicted octanol–water partition coefficient (Wildman–Crippen LogP) is 2.35. The van der Waals surface area contributed by atoms with Gasteiger partial charge >= 0.3 is 0 Å². The number of hydrogen-bond donors (Lipinski definition) is 1. The number of furan rings is 1. The second kappa shape index (κ2) is 5.29. The molecular formula is C13H15NO2S. The number of rotatable bonds is 4. The Kier molecular flexibility index (Phi) is 3.76. The van der Waals surface area contributed by atoms with Crippen molar-refractivity contribution in [2.75, 3.05) is 0 Å². The zero-order valence-electron chi connectivity index (χ0n) is 9.68. The Bertz CT molecular complexity index is 516.